The monoisotopic (exact) mass is 299 g/mol. The smallest absolute Gasteiger partial charge is 0.0666 e. The van der Waals surface area contributed by atoms with Crippen LogP contribution in [0.1, 0.15) is 32.8 Å². The topological polar surface area (TPSA) is 32.3 Å². The summed E-state index contributed by atoms with van der Waals surface area (Å²) >= 11 is 3.44. The second kappa shape index (κ2) is 6.53. The Labute approximate surface area is 113 Å². The molecule has 1 aromatic carbocycles. The number of hydrogen-bond donors (Lipinski definition) is 2. The Morgan fingerprint density at radius 1 is 1.29 bits per heavy atom. The van der Waals surface area contributed by atoms with Crippen LogP contribution in [0.5, 0.6) is 0 Å². The van der Waals surface area contributed by atoms with Crippen LogP contribution in [0, 0.1) is 5.92 Å². The van der Waals surface area contributed by atoms with Gasteiger partial charge in [0.1, 0.15) is 0 Å². The number of nitrogens with one attached hydrogen (secondary N) is 1. The second-order valence-corrected chi connectivity index (χ2v) is 5.79. The van der Waals surface area contributed by atoms with Crippen LogP contribution >= 0.6 is 15.9 Å². The zero-order chi connectivity index (χ0) is 12.9. The average Bonchev–Trinajstić information content (AvgIpc) is 2.32. The molecule has 1 unspecified atom stereocenters. The minimum Gasteiger partial charge on any atom is -0.394 e. The molecule has 0 aromatic heterocycles. The molecule has 0 radical (unpaired) electrons. The van der Waals surface area contributed by atoms with E-state index in [9.17, 15) is 5.11 Å². The molecule has 0 saturated carbocycles. The van der Waals surface area contributed by atoms with Crippen molar-refractivity contribution in [3.63, 3.8) is 0 Å². The van der Waals surface area contributed by atoms with Crippen molar-refractivity contribution in [3.05, 3.63) is 34.3 Å². The van der Waals surface area contributed by atoms with Crippen LogP contribution in [-0.4, -0.2) is 18.3 Å². The molecule has 0 aliphatic carbocycles. The summed E-state index contributed by atoms with van der Waals surface area (Å²) in [6, 6.07) is 8.17. The minimum absolute atomic E-state index is 0.123. The minimum atomic E-state index is -0.315. The number of benzene rings is 1. The molecule has 1 atom stereocenters. The van der Waals surface area contributed by atoms with Gasteiger partial charge in [-0.1, -0.05) is 48.8 Å². The summed E-state index contributed by atoms with van der Waals surface area (Å²) < 4.78 is 1.06. The fourth-order valence-electron chi connectivity index (χ4n) is 1.86. The van der Waals surface area contributed by atoms with Gasteiger partial charge in [0.05, 0.1) is 12.1 Å². The third-order valence-corrected chi connectivity index (χ3v) is 3.65. The summed E-state index contributed by atoms with van der Waals surface area (Å²) in [4.78, 5) is 0. The van der Waals surface area contributed by atoms with Gasteiger partial charge in [-0.25, -0.2) is 0 Å². The summed E-state index contributed by atoms with van der Waals surface area (Å²) in [5.74, 6) is 0.572. The van der Waals surface area contributed by atoms with Crippen molar-refractivity contribution in [1.82, 2.24) is 5.32 Å². The second-order valence-electron chi connectivity index (χ2n) is 4.88. The first-order valence-electron chi connectivity index (χ1n) is 6.16. The van der Waals surface area contributed by atoms with E-state index >= 15 is 0 Å². The Morgan fingerprint density at radius 2 is 1.88 bits per heavy atom. The van der Waals surface area contributed by atoms with Crippen LogP contribution in [-0.2, 0) is 5.54 Å². The molecular weight excluding hydrogens is 278 g/mol. The van der Waals surface area contributed by atoms with Crippen LogP contribution in [0.4, 0.5) is 0 Å². The molecule has 3 heteroatoms. The predicted octanol–water partition coefficient (Wildman–Crippen LogP) is 3.29. The van der Waals surface area contributed by atoms with Crippen molar-refractivity contribution in [1.29, 1.82) is 0 Å². The normalized spacial score (nSPS) is 14.9. The molecule has 0 aliphatic rings. The van der Waals surface area contributed by atoms with Gasteiger partial charge in [0, 0.05) is 4.47 Å². The molecule has 0 fully saturated rings. The van der Waals surface area contributed by atoms with Crippen molar-refractivity contribution in [2.24, 2.45) is 5.92 Å². The van der Waals surface area contributed by atoms with Gasteiger partial charge in [-0.15, -0.1) is 0 Å². The van der Waals surface area contributed by atoms with E-state index < -0.39 is 0 Å². The lowest BCUT2D eigenvalue weighted by atomic mass is 9.87. The van der Waals surface area contributed by atoms with Gasteiger partial charge in [-0.2, -0.15) is 0 Å². The first kappa shape index (κ1) is 14.7. The van der Waals surface area contributed by atoms with E-state index in [0.29, 0.717) is 5.92 Å². The van der Waals surface area contributed by atoms with Crippen molar-refractivity contribution >= 4 is 15.9 Å². The highest BCUT2D eigenvalue weighted by Gasteiger charge is 2.28. The number of hydrogen-bond acceptors (Lipinski definition) is 2. The molecule has 1 rings (SSSR count). The van der Waals surface area contributed by atoms with E-state index in [1.165, 1.54) is 0 Å². The zero-order valence-electron chi connectivity index (χ0n) is 10.8. The lowest BCUT2D eigenvalue weighted by Gasteiger charge is -2.33. The number of halogens is 1. The predicted molar refractivity (Wildman–Crippen MR) is 76.0 cm³/mol. The maximum absolute atomic E-state index is 9.74. The van der Waals surface area contributed by atoms with Crippen molar-refractivity contribution in [3.8, 4) is 0 Å². The highest BCUT2D eigenvalue weighted by molar-refractivity contribution is 9.10. The van der Waals surface area contributed by atoms with Crippen LogP contribution in [0.25, 0.3) is 0 Å². The van der Waals surface area contributed by atoms with E-state index in [0.717, 1.165) is 23.0 Å². The molecule has 17 heavy (non-hydrogen) atoms. The largest absolute Gasteiger partial charge is 0.394 e. The van der Waals surface area contributed by atoms with Crippen LogP contribution < -0.4 is 5.32 Å². The maximum Gasteiger partial charge on any atom is 0.0666 e. The van der Waals surface area contributed by atoms with Gasteiger partial charge < -0.3 is 10.4 Å². The Balaban J connectivity index is 2.93. The fourth-order valence-corrected chi connectivity index (χ4v) is 2.12. The van der Waals surface area contributed by atoms with Crippen molar-refractivity contribution < 1.29 is 5.11 Å². The number of rotatable bonds is 6. The quantitative estimate of drug-likeness (QED) is 0.845. The molecule has 0 heterocycles. The van der Waals surface area contributed by atoms with Gasteiger partial charge in [-0.3, -0.25) is 0 Å². The van der Waals surface area contributed by atoms with Gasteiger partial charge in [-0.05, 0) is 36.6 Å². The first-order valence-corrected chi connectivity index (χ1v) is 6.95. The summed E-state index contributed by atoms with van der Waals surface area (Å²) in [6.07, 6.45) is 0.873. The van der Waals surface area contributed by atoms with E-state index in [-0.39, 0.29) is 12.1 Å². The molecule has 0 aliphatic heterocycles. The number of aliphatic hydroxyl groups excluding tert-OH is 1. The lowest BCUT2D eigenvalue weighted by Crippen LogP contribution is -2.46. The highest BCUT2D eigenvalue weighted by atomic mass is 79.9. The van der Waals surface area contributed by atoms with Gasteiger partial charge >= 0.3 is 0 Å². The Hall–Kier alpha value is -0.380. The standard InChI is InChI=1S/C14H22BrNO/c1-4-14(10-17,16-9-11(2)3)12-5-7-13(15)8-6-12/h5-8,11,16-17H,4,9-10H2,1-3H3. The zero-order valence-corrected chi connectivity index (χ0v) is 12.4. The molecule has 2 N–H and O–H groups in total. The lowest BCUT2D eigenvalue weighted by molar-refractivity contribution is 0.151. The van der Waals surface area contributed by atoms with Gasteiger partial charge in [0.25, 0.3) is 0 Å². The summed E-state index contributed by atoms with van der Waals surface area (Å²) in [5.41, 5.74) is 0.830. The average molecular weight is 300 g/mol. The van der Waals surface area contributed by atoms with E-state index in [2.05, 4.69) is 54.2 Å². The molecule has 0 spiro atoms. The summed E-state index contributed by atoms with van der Waals surface area (Å²) in [7, 11) is 0. The summed E-state index contributed by atoms with van der Waals surface area (Å²) in [6.45, 7) is 7.48. The Bertz CT molecular complexity index is 331. The molecule has 2 nitrogen and oxygen atoms in total. The fraction of sp³-hybridized carbons (Fsp3) is 0.571. The molecule has 1 aromatic rings. The van der Waals surface area contributed by atoms with Gasteiger partial charge in [0.15, 0.2) is 0 Å². The van der Waals surface area contributed by atoms with Gasteiger partial charge in [0.2, 0.25) is 0 Å². The van der Waals surface area contributed by atoms with E-state index in [1.807, 2.05) is 12.1 Å². The first-order chi connectivity index (χ1) is 8.04. The van der Waals surface area contributed by atoms with Crippen LogP contribution in [0.15, 0.2) is 28.7 Å². The highest BCUT2D eigenvalue weighted by Crippen LogP contribution is 2.26. The molecular formula is C14H22BrNO. The number of aliphatic hydroxyl groups is 1. The van der Waals surface area contributed by atoms with Crippen LogP contribution in [0.3, 0.4) is 0 Å². The maximum atomic E-state index is 9.74. The summed E-state index contributed by atoms with van der Waals surface area (Å²) in [5, 5.41) is 13.2. The van der Waals surface area contributed by atoms with E-state index in [1.54, 1.807) is 0 Å². The van der Waals surface area contributed by atoms with E-state index in [4.69, 9.17) is 0 Å². The third-order valence-electron chi connectivity index (χ3n) is 3.12. The molecule has 96 valence electrons. The molecule has 0 amide bonds. The van der Waals surface area contributed by atoms with Crippen molar-refractivity contribution in [2.45, 2.75) is 32.7 Å². The van der Waals surface area contributed by atoms with Crippen molar-refractivity contribution in [2.75, 3.05) is 13.2 Å². The molecule has 0 saturated heterocycles. The SMILES string of the molecule is CCC(CO)(NCC(C)C)c1ccc(Br)cc1. The third kappa shape index (κ3) is 3.80. The Morgan fingerprint density at radius 3 is 2.29 bits per heavy atom. The Kier molecular flexibility index (Phi) is 5.63. The molecule has 0 bridgehead atoms. The van der Waals surface area contributed by atoms with Crippen LogP contribution in [0.2, 0.25) is 0 Å².